The topological polar surface area (TPSA) is 84.2 Å². The van der Waals surface area contributed by atoms with Gasteiger partial charge in [-0.2, -0.15) is 5.10 Å². The highest BCUT2D eigenvalue weighted by Crippen LogP contribution is 2.46. The van der Waals surface area contributed by atoms with Crippen LogP contribution in [0, 0.1) is 25.2 Å². The number of amides is 1. The Morgan fingerprint density at radius 1 is 1.50 bits per heavy atom. The Balaban J connectivity index is 1.84. The predicted octanol–water partition coefficient (Wildman–Crippen LogP) is 1.12. The first kappa shape index (κ1) is 14.6. The van der Waals surface area contributed by atoms with Crippen LogP contribution in [0.2, 0.25) is 0 Å². The minimum absolute atomic E-state index is 0.196. The second-order valence-corrected chi connectivity index (χ2v) is 5.81. The number of carboxylic acid groups (broad SMARTS) is 1. The lowest BCUT2D eigenvalue weighted by Gasteiger charge is -2.16. The van der Waals surface area contributed by atoms with Crippen LogP contribution in [0.5, 0.6) is 0 Å². The number of aryl methyl sites for hydroxylation is 2. The number of aromatic nitrogens is 2. The molecule has 0 spiro atoms. The van der Waals surface area contributed by atoms with Crippen LogP contribution in [0.3, 0.4) is 0 Å². The molecule has 1 aromatic rings. The van der Waals surface area contributed by atoms with Gasteiger partial charge in [-0.15, -0.1) is 0 Å². The summed E-state index contributed by atoms with van der Waals surface area (Å²) in [6.07, 6.45) is 0.889. The van der Waals surface area contributed by atoms with Crippen LogP contribution in [0.1, 0.15) is 31.2 Å². The third-order valence-electron chi connectivity index (χ3n) is 3.79. The lowest BCUT2D eigenvalue weighted by molar-refractivity contribution is -0.149. The Morgan fingerprint density at radius 2 is 2.15 bits per heavy atom. The normalized spacial score (nSPS) is 17.6. The summed E-state index contributed by atoms with van der Waals surface area (Å²) >= 11 is 0. The molecule has 2 rings (SSSR count). The lowest BCUT2D eigenvalue weighted by atomic mass is 10.1. The summed E-state index contributed by atoms with van der Waals surface area (Å²) in [4.78, 5) is 22.9. The van der Waals surface area contributed by atoms with Gasteiger partial charge in [-0.25, -0.2) is 0 Å². The zero-order valence-corrected chi connectivity index (χ0v) is 12.1. The first-order valence-electron chi connectivity index (χ1n) is 6.88. The van der Waals surface area contributed by atoms with E-state index in [0.29, 0.717) is 25.9 Å². The highest BCUT2D eigenvalue weighted by Gasteiger charge is 2.56. The minimum Gasteiger partial charge on any atom is -0.480 e. The van der Waals surface area contributed by atoms with Crippen molar-refractivity contribution in [3.63, 3.8) is 0 Å². The Kier molecular flexibility index (Phi) is 3.83. The average molecular weight is 279 g/mol. The molecule has 0 radical (unpaired) electrons. The molecule has 1 aliphatic carbocycles. The summed E-state index contributed by atoms with van der Waals surface area (Å²) < 4.78 is 1.91. The van der Waals surface area contributed by atoms with Crippen LogP contribution in [0.25, 0.3) is 0 Å². The van der Waals surface area contributed by atoms with E-state index >= 15 is 0 Å². The molecule has 1 heterocycles. The first-order chi connectivity index (χ1) is 9.35. The Morgan fingerprint density at radius 3 is 2.60 bits per heavy atom. The number of carboxylic acids is 1. The molecule has 0 aliphatic heterocycles. The van der Waals surface area contributed by atoms with Gasteiger partial charge in [-0.3, -0.25) is 14.3 Å². The van der Waals surface area contributed by atoms with Gasteiger partial charge in [0.15, 0.2) is 0 Å². The highest BCUT2D eigenvalue weighted by atomic mass is 16.4. The van der Waals surface area contributed by atoms with Gasteiger partial charge >= 0.3 is 5.97 Å². The number of nitrogens with one attached hydrogen (secondary N) is 1. The molecule has 110 valence electrons. The van der Waals surface area contributed by atoms with E-state index in [0.717, 1.165) is 11.4 Å². The molecule has 1 fully saturated rings. The molecule has 0 saturated heterocycles. The largest absolute Gasteiger partial charge is 0.480 e. The first-order valence-corrected chi connectivity index (χ1v) is 6.88. The standard InChI is InChI=1S/C14H21N3O3/c1-9(8-17-11(3)6-10(2)16-17)7-15-12(18)14(4-5-14)13(19)20/h6,9H,4-5,7-8H2,1-3H3,(H,15,18)(H,19,20)/t9-/m0/s1. The summed E-state index contributed by atoms with van der Waals surface area (Å²) in [6, 6.07) is 2.01. The average Bonchev–Trinajstić information content (AvgIpc) is 3.11. The molecule has 6 heteroatoms. The predicted molar refractivity (Wildman–Crippen MR) is 73.2 cm³/mol. The van der Waals surface area contributed by atoms with Crippen molar-refractivity contribution in [1.29, 1.82) is 0 Å². The van der Waals surface area contributed by atoms with Crippen molar-refractivity contribution >= 4 is 11.9 Å². The molecular weight excluding hydrogens is 258 g/mol. The molecular formula is C14H21N3O3. The lowest BCUT2D eigenvalue weighted by Crippen LogP contribution is -2.39. The van der Waals surface area contributed by atoms with E-state index in [1.807, 2.05) is 31.5 Å². The third-order valence-corrected chi connectivity index (χ3v) is 3.79. The van der Waals surface area contributed by atoms with Crippen molar-refractivity contribution < 1.29 is 14.7 Å². The molecule has 1 aliphatic rings. The molecule has 1 amide bonds. The molecule has 0 unspecified atom stereocenters. The minimum atomic E-state index is -1.15. The summed E-state index contributed by atoms with van der Waals surface area (Å²) in [5, 5.41) is 16.2. The maximum atomic E-state index is 11.9. The van der Waals surface area contributed by atoms with Gasteiger partial charge in [0.05, 0.1) is 5.69 Å². The number of carbonyl (C=O) groups excluding carboxylic acids is 1. The van der Waals surface area contributed by atoms with Crippen molar-refractivity contribution in [3.05, 3.63) is 17.5 Å². The van der Waals surface area contributed by atoms with Gasteiger partial charge in [0.2, 0.25) is 5.91 Å². The van der Waals surface area contributed by atoms with Crippen LogP contribution >= 0.6 is 0 Å². The SMILES string of the molecule is Cc1cc(C)n(C[C@@H](C)CNC(=O)C2(C(=O)O)CC2)n1. The van der Waals surface area contributed by atoms with Crippen molar-refractivity contribution in [2.24, 2.45) is 11.3 Å². The Bertz CT molecular complexity index is 532. The van der Waals surface area contributed by atoms with Crippen LogP contribution in [-0.4, -0.2) is 33.3 Å². The second kappa shape index (κ2) is 5.26. The maximum Gasteiger partial charge on any atom is 0.319 e. The molecule has 1 saturated carbocycles. The highest BCUT2D eigenvalue weighted by molar-refractivity contribution is 6.04. The zero-order chi connectivity index (χ0) is 14.9. The fourth-order valence-electron chi connectivity index (χ4n) is 2.32. The summed E-state index contributed by atoms with van der Waals surface area (Å²) in [7, 11) is 0. The molecule has 0 bridgehead atoms. The van der Waals surface area contributed by atoms with Crippen molar-refractivity contribution in [2.75, 3.05) is 6.54 Å². The van der Waals surface area contributed by atoms with Gasteiger partial charge < -0.3 is 10.4 Å². The van der Waals surface area contributed by atoms with Crippen LogP contribution in [-0.2, 0) is 16.1 Å². The summed E-state index contributed by atoms with van der Waals surface area (Å²) in [6.45, 7) is 7.12. The van der Waals surface area contributed by atoms with E-state index in [2.05, 4.69) is 10.4 Å². The Labute approximate surface area is 118 Å². The number of hydrogen-bond acceptors (Lipinski definition) is 3. The summed E-state index contributed by atoms with van der Waals surface area (Å²) in [5.74, 6) is -1.17. The van der Waals surface area contributed by atoms with Gasteiger partial charge in [0, 0.05) is 18.8 Å². The van der Waals surface area contributed by atoms with Gasteiger partial charge in [-0.1, -0.05) is 6.92 Å². The van der Waals surface area contributed by atoms with Gasteiger partial charge in [-0.05, 0) is 38.7 Å². The number of aliphatic carboxylic acids is 1. The molecule has 1 aromatic heterocycles. The fourth-order valence-corrected chi connectivity index (χ4v) is 2.32. The van der Waals surface area contributed by atoms with Crippen LogP contribution in [0.4, 0.5) is 0 Å². The van der Waals surface area contributed by atoms with E-state index in [4.69, 9.17) is 5.11 Å². The molecule has 0 aromatic carbocycles. The number of hydrogen-bond donors (Lipinski definition) is 2. The Hall–Kier alpha value is -1.85. The molecule has 6 nitrogen and oxygen atoms in total. The van der Waals surface area contributed by atoms with Crippen molar-refractivity contribution in [2.45, 2.75) is 40.2 Å². The number of carbonyl (C=O) groups is 2. The number of nitrogens with zero attached hydrogens (tertiary/aromatic N) is 2. The maximum absolute atomic E-state index is 11.9. The van der Waals surface area contributed by atoms with E-state index in [1.165, 1.54) is 0 Å². The monoisotopic (exact) mass is 279 g/mol. The van der Waals surface area contributed by atoms with Crippen LogP contribution < -0.4 is 5.32 Å². The fraction of sp³-hybridized carbons (Fsp3) is 0.643. The third kappa shape index (κ3) is 2.84. The number of rotatable bonds is 6. The van der Waals surface area contributed by atoms with E-state index < -0.39 is 11.4 Å². The molecule has 1 atom stereocenters. The van der Waals surface area contributed by atoms with Crippen LogP contribution in [0.15, 0.2) is 6.07 Å². The quantitative estimate of drug-likeness (QED) is 0.764. The van der Waals surface area contributed by atoms with Gasteiger partial charge in [0.1, 0.15) is 5.41 Å². The van der Waals surface area contributed by atoms with Gasteiger partial charge in [0.25, 0.3) is 0 Å². The second-order valence-electron chi connectivity index (χ2n) is 5.81. The molecule has 2 N–H and O–H groups in total. The van der Waals surface area contributed by atoms with Crippen molar-refractivity contribution in [1.82, 2.24) is 15.1 Å². The summed E-state index contributed by atoms with van der Waals surface area (Å²) in [5.41, 5.74) is 0.907. The van der Waals surface area contributed by atoms with E-state index in [9.17, 15) is 9.59 Å². The molecule has 20 heavy (non-hydrogen) atoms. The zero-order valence-electron chi connectivity index (χ0n) is 12.1. The van der Waals surface area contributed by atoms with E-state index in [-0.39, 0.29) is 11.8 Å². The van der Waals surface area contributed by atoms with E-state index in [1.54, 1.807) is 0 Å². The smallest absolute Gasteiger partial charge is 0.319 e. The van der Waals surface area contributed by atoms with Crippen molar-refractivity contribution in [3.8, 4) is 0 Å².